The minimum Gasteiger partial charge on any atom is -0.291 e. The summed E-state index contributed by atoms with van der Waals surface area (Å²) in [6.07, 6.45) is 1.86. The lowest BCUT2D eigenvalue weighted by molar-refractivity contribution is 0.227. The third kappa shape index (κ3) is 2.22. The summed E-state index contributed by atoms with van der Waals surface area (Å²) in [7, 11) is 0. The van der Waals surface area contributed by atoms with Crippen LogP contribution in [0, 0.1) is 28.6 Å². The van der Waals surface area contributed by atoms with Crippen LogP contribution < -0.4 is 0 Å². The van der Waals surface area contributed by atoms with Crippen LogP contribution in [0.5, 0.6) is 0 Å². The summed E-state index contributed by atoms with van der Waals surface area (Å²) < 4.78 is 0. The van der Waals surface area contributed by atoms with Crippen molar-refractivity contribution in [3.05, 3.63) is 0 Å². The molecule has 0 radical (unpaired) electrons. The van der Waals surface area contributed by atoms with Gasteiger partial charge in [0.1, 0.15) is 0 Å². The molecule has 0 aromatic rings. The Bertz CT molecular complexity index is 190. The largest absolute Gasteiger partial charge is 0.291 e. The predicted molar refractivity (Wildman–Crippen MR) is 40.4 cm³/mol. The average Bonchev–Trinajstić information content (AvgIpc) is 2.07. The quantitative estimate of drug-likeness (QED) is 0.517. The Hall–Kier alpha value is -1.06. The fourth-order valence-electron chi connectivity index (χ4n) is 1.32. The standard InChI is InChI=1S/C8H11N3/c9-3-6-11-4-1-8(7-10)2-5-11/h8H,1-2,4-6H2. The van der Waals surface area contributed by atoms with E-state index in [4.69, 9.17) is 10.5 Å². The zero-order valence-electron chi connectivity index (χ0n) is 6.45. The summed E-state index contributed by atoms with van der Waals surface area (Å²) in [5, 5.41) is 17.0. The number of piperidine rings is 1. The van der Waals surface area contributed by atoms with Gasteiger partial charge in [0, 0.05) is 19.0 Å². The Morgan fingerprint density at radius 3 is 2.36 bits per heavy atom. The SMILES string of the molecule is N#CCN1CCC(C#N)CC1. The van der Waals surface area contributed by atoms with Crippen molar-refractivity contribution in [2.75, 3.05) is 19.6 Å². The number of rotatable bonds is 1. The van der Waals surface area contributed by atoms with Gasteiger partial charge in [-0.05, 0) is 12.8 Å². The Morgan fingerprint density at radius 1 is 1.27 bits per heavy atom. The van der Waals surface area contributed by atoms with E-state index < -0.39 is 0 Å². The first-order valence-electron chi connectivity index (χ1n) is 3.85. The van der Waals surface area contributed by atoms with E-state index in [9.17, 15) is 0 Å². The van der Waals surface area contributed by atoms with Crippen LogP contribution in [0.25, 0.3) is 0 Å². The van der Waals surface area contributed by atoms with Crippen LogP contribution >= 0.6 is 0 Å². The maximum absolute atomic E-state index is 8.57. The molecule has 1 aliphatic heterocycles. The van der Waals surface area contributed by atoms with E-state index in [1.165, 1.54) is 0 Å². The molecule has 0 aliphatic carbocycles. The van der Waals surface area contributed by atoms with E-state index in [0.717, 1.165) is 25.9 Å². The molecule has 0 spiro atoms. The molecule has 0 N–H and O–H groups in total. The lowest BCUT2D eigenvalue weighted by atomic mass is 9.99. The Balaban J connectivity index is 2.27. The molecule has 3 nitrogen and oxygen atoms in total. The summed E-state index contributed by atoms with van der Waals surface area (Å²) in [6.45, 7) is 2.33. The third-order valence-electron chi connectivity index (χ3n) is 2.06. The molecule has 0 aromatic carbocycles. The van der Waals surface area contributed by atoms with Gasteiger partial charge in [0.05, 0.1) is 18.7 Å². The van der Waals surface area contributed by atoms with E-state index in [1.54, 1.807) is 0 Å². The van der Waals surface area contributed by atoms with E-state index >= 15 is 0 Å². The Labute approximate surface area is 66.8 Å². The van der Waals surface area contributed by atoms with Crippen LogP contribution in [0.1, 0.15) is 12.8 Å². The highest BCUT2D eigenvalue weighted by molar-refractivity contribution is 4.89. The minimum absolute atomic E-state index is 0.227. The lowest BCUT2D eigenvalue weighted by Crippen LogP contribution is -2.33. The molecular formula is C8H11N3. The molecular weight excluding hydrogens is 138 g/mol. The van der Waals surface area contributed by atoms with Crippen molar-refractivity contribution in [2.24, 2.45) is 5.92 Å². The number of hydrogen-bond donors (Lipinski definition) is 0. The van der Waals surface area contributed by atoms with Crippen molar-refractivity contribution in [3.63, 3.8) is 0 Å². The molecule has 1 aliphatic rings. The van der Waals surface area contributed by atoms with Gasteiger partial charge in [0.2, 0.25) is 0 Å². The summed E-state index contributed by atoms with van der Waals surface area (Å²) >= 11 is 0. The molecule has 11 heavy (non-hydrogen) atoms. The van der Waals surface area contributed by atoms with Crippen molar-refractivity contribution in [2.45, 2.75) is 12.8 Å². The minimum atomic E-state index is 0.227. The maximum Gasteiger partial charge on any atom is 0.0866 e. The molecule has 1 heterocycles. The van der Waals surface area contributed by atoms with Gasteiger partial charge in [-0.3, -0.25) is 4.90 Å². The van der Waals surface area contributed by atoms with Crippen molar-refractivity contribution >= 4 is 0 Å². The van der Waals surface area contributed by atoms with Crippen molar-refractivity contribution < 1.29 is 0 Å². The van der Waals surface area contributed by atoms with Gasteiger partial charge in [-0.2, -0.15) is 10.5 Å². The highest BCUT2D eigenvalue weighted by atomic mass is 15.1. The van der Waals surface area contributed by atoms with Crippen LogP contribution in [0.15, 0.2) is 0 Å². The van der Waals surface area contributed by atoms with Gasteiger partial charge >= 0.3 is 0 Å². The summed E-state index contributed by atoms with van der Waals surface area (Å²) in [4.78, 5) is 2.09. The van der Waals surface area contributed by atoms with E-state index in [-0.39, 0.29) is 5.92 Å². The smallest absolute Gasteiger partial charge is 0.0866 e. The van der Waals surface area contributed by atoms with Crippen LogP contribution in [0.2, 0.25) is 0 Å². The van der Waals surface area contributed by atoms with Crippen LogP contribution in [-0.2, 0) is 0 Å². The number of likely N-dealkylation sites (tertiary alicyclic amines) is 1. The second kappa shape index (κ2) is 3.95. The first kappa shape index (κ1) is 8.04. The Kier molecular flexibility index (Phi) is 2.89. The molecule has 1 saturated heterocycles. The zero-order valence-corrected chi connectivity index (χ0v) is 6.45. The molecule has 1 rings (SSSR count). The Morgan fingerprint density at radius 2 is 1.91 bits per heavy atom. The van der Waals surface area contributed by atoms with Gasteiger partial charge in [-0.1, -0.05) is 0 Å². The number of nitrogens with zero attached hydrogens (tertiary/aromatic N) is 3. The van der Waals surface area contributed by atoms with Gasteiger partial charge < -0.3 is 0 Å². The zero-order chi connectivity index (χ0) is 8.10. The van der Waals surface area contributed by atoms with Gasteiger partial charge in [-0.15, -0.1) is 0 Å². The van der Waals surface area contributed by atoms with Crippen molar-refractivity contribution in [1.82, 2.24) is 4.90 Å². The highest BCUT2D eigenvalue weighted by Gasteiger charge is 2.17. The topological polar surface area (TPSA) is 50.8 Å². The molecule has 58 valence electrons. The predicted octanol–water partition coefficient (Wildman–Crippen LogP) is 0.746. The fraction of sp³-hybridized carbons (Fsp3) is 0.750. The molecule has 0 saturated carbocycles. The maximum atomic E-state index is 8.57. The lowest BCUT2D eigenvalue weighted by Gasteiger charge is -2.26. The average molecular weight is 149 g/mol. The summed E-state index contributed by atoms with van der Waals surface area (Å²) in [5.41, 5.74) is 0. The van der Waals surface area contributed by atoms with Crippen LogP contribution in [-0.4, -0.2) is 24.5 Å². The first-order chi connectivity index (χ1) is 5.36. The van der Waals surface area contributed by atoms with Gasteiger partial charge in [0.15, 0.2) is 0 Å². The second-order valence-corrected chi connectivity index (χ2v) is 2.84. The normalized spacial score (nSPS) is 20.5. The summed E-state index contributed by atoms with van der Waals surface area (Å²) in [5.74, 6) is 0.227. The molecule has 0 amide bonds. The molecule has 3 heteroatoms. The van der Waals surface area contributed by atoms with E-state index in [1.807, 2.05) is 0 Å². The monoisotopic (exact) mass is 149 g/mol. The molecule has 1 fully saturated rings. The van der Waals surface area contributed by atoms with E-state index in [0.29, 0.717) is 6.54 Å². The molecule has 0 aromatic heterocycles. The van der Waals surface area contributed by atoms with Gasteiger partial charge in [0.25, 0.3) is 0 Å². The molecule has 0 atom stereocenters. The molecule has 0 unspecified atom stereocenters. The molecule has 0 bridgehead atoms. The van der Waals surface area contributed by atoms with Crippen molar-refractivity contribution in [1.29, 1.82) is 10.5 Å². The van der Waals surface area contributed by atoms with E-state index in [2.05, 4.69) is 17.0 Å². The fourth-order valence-corrected chi connectivity index (χ4v) is 1.32. The number of nitriles is 2. The highest BCUT2D eigenvalue weighted by Crippen LogP contribution is 2.14. The second-order valence-electron chi connectivity index (χ2n) is 2.84. The van der Waals surface area contributed by atoms with Crippen molar-refractivity contribution in [3.8, 4) is 12.1 Å². The van der Waals surface area contributed by atoms with Crippen LogP contribution in [0.3, 0.4) is 0 Å². The number of hydrogen-bond acceptors (Lipinski definition) is 3. The summed E-state index contributed by atoms with van der Waals surface area (Å²) in [6, 6.07) is 4.37. The first-order valence-corrected chi connectivity index (χ1v) is 3.85. The third-order valence-corrected chi connectivity index (χ3v) is 2.06. The van der Waals surface area contributed by atoms with Crippen LogP contribution in [0.4, 0.5) is 0 Å². The van der Waals surface area contributed by atoms with Gasteiger partial charge in [-0.25, -0.2) is 0 Å².